The van der Waals surface area contributed by atoms with Crippen molar-refractivity contribution in [2.24, 2.45) is 0 Å². The van der Waals surface area contributed by atoms with E-state index in [1.165, 1.54) is 18.4 Å². The molecule has 0 aliphatic heterocycles. The molecule has 1 heteroatoms. The van der Waals surface area contributed by atoms with Gasteiger partial charge in [-0.05, 0) is 37.6 Å². The number of hydrogen-bond acceptors (Lipinski definition) is 1. The molecule has 1 aliphatic carbocycles. The van der Waals surface area contributed by atoms with Gasteiger partial charge in [-0.15, -0.1) is 6.42 Å². The van der Waals surface area contributed by atoms with E-state index in [4.69, 9.17) is 6.42 Å². The van der Waals surface area contributed by atoms with Gasteiger partial charge in [0.2, 0.25) is 0 Å². The highest BCUT2D eigenvalue weighted by Gasteiger charge is 2.42. The predicted octanol–water partition coefficient (Wildman–Crippen LogP) is 1.88. The first-order chi connectivity index (χ1) is 6.30. The van der Waals surface area contributed by atoms with Gasteiger partial charge in [0.1, 0.15) is 0 Å². The Kier molecular flexibility index (Phi) is 1.86. The second kappa shape index (κ2) is 2.90. The maximum absolute atomic E-state index is 5.29. The Balaban J connectivity index is 2.29. The minimum Gasteiger partial charge on any atom is -0.310 e. The second-order valence-electron chi connectivity index (χ2n) is 3.55. The van der Waals surface area contributed by atoms with Gasteiger partial charge in [-0.25, -0.2) is 0 Å². The van der Waals surface area contributed by atoms with Crippen molar-refractivity contribution in [3.63, 3.8) is 0 Å². The zero-order valence-electron chi connectivity index (χ0n) is 7.80. The second-order valence-corrected chi connectivity index (χ2v) is 3.55. The van der Waals surface area contributed by atoms with Crippen molar-refractivity contribution < 1.29 is 0 Å². The maximum atomic E-state index is 5.29. The summed E-state index contributed by atoms with van der Waals surface area (Å²) in [5.41, 5.74) is 2.57. The smallest absolute Gasteiger partial charge is 0.0433 e. The molecule has 13 heavy (non-hydrogen) atoms. The van der Waals surface area contributed by atoms with Crippen molar-refractivity contribution in [1.29, 1.82) is 0 Å². The number of terminal acetylenes is 1. The van der Waals surface area contributed by atoms with E-state index in [0.29, 0.717) is 0 Å². The molecule has 1 fully saturated rings. The zero-order valence-corrected chi connectivity index (χ0v) is 7.80. The van der Waals surface area contributed by atoms with Crippen molar-refractivity contribution in [2.45, 2.75) is 18.4 Å². The van der Waals surface area contributed by atoms with Gasteiger partial charge in [-0.1, -0.05) is 18.1 Å². The van der Waals surface area contributed by atoms with Crippen molar-refractivity contribution >= 4 is 0 Å². The van der Waals surface area contributed by atoms with Crippen LogP contribution in [0.2, 0.25) is 0 Å². The van der Waals surface area contributed by atoms with Crippen molar-refractivity contribution in [1.82, 2.24) is 5.32 Å². The standard InChI is InChI=1S/C12H13N/c1-3-10-4-6-11(7-5-10)12(13-2)8-9-12/h1,4-7,13H,8-9H2,2H3. The Morgan fingerprint density at radius 2 is 1.92 bits per heavy atom. The summed E-state index contributed by atoms with van der Waals surface area (Å²) in [6.45, 7) is 0. The summed E-state index contributed by atoms with van der Waals surface area (Å²) < 4.78 is 0. The zero-order chi connectivity index (χ0) is 9.31. The third-order valence-electron chi connectivity index (χ3n) is 2.83. The van der Waals surface area contributed by atoms with Gasteiger partial charge in [-0.2, -0.15) is 0 Å². The lowest BCUT2D eigenvalue weighted by molar-refractivity contribution is 0.585. The van der Waals surface area contributed by atoms with E-state index in [2.05, 4.69) is 23.4 Å². The van der Waals surface area contributed by atoms with Crippen LogP contribution in [0.25, 0.3) is 0 Å². The van der Waals surface area contributed by atoms with E-state index >= 15 is 0 Å². The molecule has 0 saturated heterocycles. The van der Waals surface area contributed by atoms with Gasteiger partial charge in [-0.3, -0.25) is 0 Å². The minimum atomic E-state index is 0.257. The Labute approximate surface area is 79.2 Å². The number of hydrogen-bond donors (Lipinski definition) is 1. The summed E-state index contributed by atoms with van der Waals surface area (Å²) in [6, 6.07) is 8.26. The predicted molar refractivity (Wildman–Crippen MR) is 54.3 cm³/mol. The molecule has 66 valence electrons. The number of benzene rings is 1. The van der Waals surface area contributed by atoms with E-state index in [1.807, 2.05) is 19.2 Å². The Morgan fingerprint density at radius 1 is 1.31 bits per heavy atom. The molecular weight excluding hydrogens is 158 g/mol. The average Bonchev–Trinajstić information content (AvgIpc) is 2.99. The monoisotopic (exact) mass is 171 g/mol. The highest BCUT2D eigenvalue weighted by molar-refractivity contribution is 5.38. The first-order valence-corrected chi connectivity index (χ1v) is 4.57. The van der Waals surface area contributed by atoms with E-state index in [9.17, 15) is 0 Å². The van der Waals surface area contributed by atoms with Gasteiger partial charge in [0.05, 0.1) is 0 Å². The highest BCUT2D eigenvalue weighted by atomic mass is 15.0. The van der Waals surface area contributed by atoms with Crippen LogP contribution in [-0.4, -0.2) is 7.05 Å². The van der Waals surface area contributed by atoms with Crippen LogP contribution in [0.5, 0.6) is 0 Å². The van der Waals surface area contributed by atoms with Gasteiger partial charge in [0.15, 0.2) is 0 Å². The summed E-state index contributed by atoms with van der Waals surface area (Å²) >= 11 is 0. The van der Waals surface area contributed by atoms with E-state index in [0.717, 1.165) is 5.56 Å². The molecule has 0 aromatic heterocycles. The van der Waals surface area contributed by atoms with E-state index in [-0.39, 0.29) is 5.54 Å². The Morgan fingerprint density at radius 3 is 2.31 bits per heavy atom. The number of rotatable bonds is 2. The lowest BCUT2D eigenvalue weighted by Gasteiger charge is -2.14. The average molecular weight is 171 g/mol. The van der Waals surface area contributed by atoms with Gasteiger partial charge < -0.3 is 5.32 Å². The van der Waals surface area contributed by atoms with Gasteiger partial charge >= 0.3 is 0 Å². The first-order valence-electron chi connectivity index (χ1n) is 4.57. The van der Waals surface area contributed by atoms with Crippen molar-refractivity contribution in [2.75, 3.05) is 7.05 Å². The highest BCUT2D eigenvalue weighted by Crippen LogP contribution is 2.44. The largest absolute Gasteiger partial charge is 0.310 e. The Bertz CT molecular complexity index is 338. The van der Waals surface area contributed by atoms with Crippen molar-refractivity contribution in [3.05, 3.63) is 35.4 Å². The summed E-state index contributed by atoms with van der Waals surface area (Å²) in [5.74, 6) is 2.62. The van der Waals surface area contributed by atoms with Crippen LogP contribution in [-0.2, 0) is 5.54 Å². The fourth-order valence-corrected chi connectivity index (χ4v) is 1.69. The molecule has 1 aliphatic rings. The van der Waals surface area contributed by atoms with Crippen LogP contribution in [0.3, 0.4) is 0 Å². The molecule has 1 aromatic rings. The molecule has 0 unspecified atom stereocenters. The maximum Gasteiger partial charge on any atom is 0.0433 e. The molecule has 1 aromatic carbocycles. The molecule has 0 atom stereocenters. The molecule has 0 heterocycles. The van der Waals surface area contributed by atoms with Crippen LogP contribution in [0, 0.1) is 12.3 Å². The van der Waals surface area contributed by atoms with Gasteiger partial charge in [0, 0.05) is 11.1 Å². The van der Waals surface area contributed by atoms with Crippen LogP contribution in [0.4, 0.5) is 0 Å². The van der Waals surface area contributed by atoms with Crippen LogP contribution >= 0.6 is 0 Å². The molecule has 1 saturated carbocycles. The molecule has 2 rings (SSSR count). The minimum absolute atomic E-state index is 0.257. The summed E-state index contributed by atoms with van der Waals surface area (Å²) in [7, 11) is 2.02. The van der Waals surface area contributed by atoms with Gasteiger partial charge in [0.25, 0.3) is 0 Å². The lowest BCUT2D eigenvalue weighted by atomic mass is 10.0. The molecule has 0 spiro atoms. The van der Waals surface area contributed by atoms with Crippen LogP contribution in [0.15, 0.2) is 24.3 Å². The fourth-order valence-electron chi connectivity index (χ4n) is 1.69. The number of nitrogens with one attached hydrogen (secondary N) is 1. The molecular formula is C12H13N. The van der Waals surface area contributed by atoms with Crippen LogP contribution in [0.1, 0.15) is 24.0 Å². The normalized spacial score (nSPS) is 17.8. The molecule has 1 nitrogen and oxygen atoms in total. The summed E-state index contributed by atoms with van der Waals surface area (Å²) in [4.78, 5) is 0. The van der Waals surface area contributed by atoms with E-state index < -0.39 is 0 Å². The third kappa shape index (κ3) is 1.34. The quantitative estimate of drug-likeness (QED) is 0.670. The SMILES string of the molecule is C#Cc1ccc(C2(NC)CC2)cc1. The summed E-state index contributed by atoms with van der Waals surface area (Å²) in [5, 5.41) is 3.35. The first kappa shape index (κ1) is 8.34. The summed E-state index contributed by atoms with van der Waals surface area (Å²) in [6.07, 6.45) is 7.76. The topological polar surface area (TPSA) is 12.0 Å². The molecule has 1 N–H and O–H groups in total. The van der Waals surface area contributed by atoms with Crippen molar-refractivity contribution in [3.8, 4) is 12.3 Å². The molecule has 0 radical (unpaired) electrons. The molecule has 0 bridgehead atoms. The third-order valence-corrected chi connectivity index (χ3v) is 2.83. The van der Waals surface area contributed by atoms with Crippen LogP contribution < -0.4 is 5.32 Å². The van der Waals surface area contributed by atoms with E-state index in [1.54, 1.807) is 0 Å². The Hall–Kier alpha value is -1.26. The fraction of sp³-hybridized carbons (Fsp3) is 0.333. The molecule has 0 amide bonds. The lowest BCUT2D eigenvalue weighted by Crippen LogP contribution is -2.24.